The first-order chi connectivity index (χ1) is 8.34. The van der Waals surface area contributed by atoms with Crippen molar-refractivity contribution in [2.45, 2.75) is 65.0 Å². The first-order valence-corrected chi connectivity index (χ1v) is 6.48. The maximum Gasteiger partial charge on any atom is 0.233 e. The van der Waals surface area contributed by atoms with E-state index in [1.54, 1.807) is 5.01 Å². The van der Waals surface area contributed by atoms with Gasteiger partial charge in [-0.25, -0.2) is 0 Å². The van der Waals surface area contributed by atoms with Gasteiger partial charge in [-0.05, 0) is 40.5 Å². The van der Waals surface area contributed by atoms with Crippen LogP contribution >= 0.6 is 0 Å². The predicted molar refractivity (Wildman–Crippen MR) is 66.5 cm³/mol. The third kappa shape index (κ3) is 4.16. The van der Waals surface area contributed by atoms with Crippen LogP contribution in [0.25, 0.3) is 0 Å². The standard InChI is InChI=1S/C12H23N3O3/c1-5-14(12(2,3)4)15(17)13-18-11-8-6-10(16)7-9-11/h11H,5-9H2,1-4H3/b15-13-. The highest BCUT2D eigenvalue weighted by Crippen LogP contribution is 2.19. The van der Waals surface area contributed by atoms with Crippen LogP contribution in [0.5, 0.6) is 0 Å². The molecule has 6 nitrogen and oxygen atoms in total. The van der Waals surface area contributed by atoms with Crippen LogP contribution in [0, 0.1) is 5.21 Å². The Morgan fingerprint density at radius 3 is 2.44 bits per heavy atom. The van der Waals surface area contributed by atoms with Crippen molar-refractivity contribution in [1.82, 2.24) is 5.01 Å². The van der Waals surface area contributed by atoms with Gasteiger partial charge >= 0.3 is 0 Å². The summed E-state index contributed by atoms with van der Waals surface area (Å²) in [7, 11) is 0. The molecule has 1 aliphatic carbocycles. The summed E-state index contributed by atoms with van der Waals surface area (Å²) in [6, 6.07) is 0. The van der Waals surface area contributed by atoms with Crippen LogP contribution in [0.3, 0.4) is 0 Å². The second kappa shape index (κ2) is 6.02. The van der Waals surface area contributed by atoms with E-state index in [4.69, 9.17) is 4.84 Å². The van der Waals surface area contributed by atoms with E-state index >= 15 is 0 Å². The van der Waals surface area contributed by atoms with E-state index in [1.807, 2.05) is 27.7 Å². The zero-order valence-corrected chi connectivity index (χ0v) is 11.7. The molecule has 0 aromatic heterocycles. The Hall–Kier alpha value is -1.33. The highest BCUT2D eigenvalue weighted by atomic mass is 16.7. The molecule has 1 saturated carbocycles. The summed E-state index contributed by atoms with van der Waals surface area (Å²) in [6.07, 6.45) is 2.24. The van der Waals surface area contributed by atoms with Crippen LogP contribution in [-0.2, 0) is 9.63 Å². The van der Waals surface area contributed by atoms with Crippen molar-refractivity contribution in [3.05, 3.63) is 5.21 Å². The monoisotopic (exact) mass is 257 g/mol. The van der Waals surface area contributed by atoms with E-state index in [2.05, 4.69) is 5.28 Å². The number of ketones is 1. The fourth-order valence-corrected chi connectivity index (χ4v) is 2.02. The first-order valence-electron chi connectivity index (χ1n) is 6.48. The zero-order valence-electron chi connectivity index (χ0n) is 11.7. The fraction of sp³-hybridized carbons (Fsp3) is 0.917. The minimum atomic E-state index is -0.300. The number of Topliss-reactive ketones (excluding diaryl/α,β-unsaturated/α-hetero) is 1. The molecule has 1 aliphatic rings. The second-order valence-corrected chi connectivity index (χ2v) is 5.56. The van der Waals surface area contributed by atoms with E-state index < -0.39 is 0 Å². The van der Waals surface area contributed by atoms with Crippen LogP contribution in [0.15, 0.2) is 5.28 Å². The molecule has 0 saturated heterocycles. The molecular weight excluding hydrogens is 234 g/mol. The van der Waals surface area contributed by atoms with Gasteiger partial charge in [0.2, 0.25) is 5.28 Å². The summed E-state index contributed by atoms with van der Waals surface area (Å²) in [5, 5.41) is 17.0. The predicted octanol–water partition coefficient (Wildman–Crippen LogP) is 2.43. The molecule has 0 bridgehead atoms. The molecule has 0 N–H and O–H groups in total. The average Bonchev–Trinajstić information content (AvgIpc) is 2.27. The van der Waals surface area contributed by atoms with Gasteiger partial charge in [-0.1, -0.05) is 0 Å². The molecular formula is C12H23N3O3. The van der Waals surface area contributed by atoms with Gasteiger partial charge in [-0.2, -0.15) is 0 Å². The molecule has 1 fully saturated rings. The van der Waals surface area contributed by atoms with E-state index in [0.717, 1.165) is 0 Å². The SMILES string of the molecule is CCN(/[N+]([O-])=N/OC1CCC(=O)CC1)C(C)(C)C. The smallest absolute Gasteiger partial charge is 0.233 e. The van der Waals surface area contributed by atoms with Gasteiger partial charge in [-0.3, -0.25) is 4.79 Å². The van der Waals surface area contributed by atoms with Crippen molar-refractivity contribution in [3.8, 4) is 0 Å². The summed E-state index contributed by atoms with van der Waals surface area (Å²) in [5.74, 6) is 0.263. The molecule has 0 radical (unpaired) electrons. The Labute approximate surface area is 108 Å². The van der Waals surface area contributed by atoms with Crippen LogP contribution < -0.4 is 0 Å². The average molecular weight is 257 g/mol. The van der Waals surface area contributed by atoms with Crippen molar-refractivity contribution >= 4 is 5.78 Å². The van der Waals surface area contributed by atoms with Gasteiger partial charge in [0.15, 0.2) is 0 Å². The number of hydrazine groups is 1. The van der Waals surface area contributed by atoms with E-state index in [9.17, 15) is 10.0 Å². The summed E-state index contributed by atoms with van der Waals surface area (Å²) >= 11 is 0. The Morgan fingerprint density at radius 1 is 1.44 bits per heavy atom. The molecule has 0 heterocycles. The van der Waals surface area contributed by atoms with Crippen molar-refractivity contribution in [3.63, 3.8) is 0 Å². The quantitative estimate of drug-likeness (QED) is 0.440. The molecule has 0 spiro atoms. The van der Waals surface area contributed by atoms with Crippen LogP contribution in [-0.4, -0.2) is 33.9 Å². The highest BCUT2D eigenvalue weighted by molar-refractivity contribution is 5.79. The molecule has 18 heavy (non-hydrogen) atoms. The largest absolute Gasteiger partial charge is 0.569 e. The highest BCUT2D eigenvalue weighted by Gasteiger charge is 2.28. The van der Waals surface area contributed by atoms with Gasteiger partial charge in [0.1, 0.15) is 11.9 Å². The number of carbonyl (C=O) groups is 1. The van der Waals surface area contributed by atoms with Gasteiger partial charge in [0.25, 0.3) is 0 Å². The maximum atomic E-state index is 11.8. The number of hydrogen-bond acceptors (Lipinski definition) is 4. The van der Waals surface area contributed by atoms with Crippen molar-refractivity contribution < 1.29 is 14.6 Å². The number of carbonyl (C=O) groups excluding carboxylic acids is 1. The lowest BCUT2D eigenvalue weighted by Crippen LogP contribution is -2.45. The number of rotatable bonds is 4. The molecule has 1 rings (SSSR count). The van der Waals surface area contributed by atoms with Gasteiger partial charge in [0, 0.05) is 12.8 Å². The third-order valence-electron chi connectivity index (χ3n) is 3.04. The Bertz CT molecular complexity index is 313. The summed E-state index contributed by atoms with van der Waals surface area (Å²) in [6.45, 7) is 8.27. The number of hydrogen-bond donors (Lipinski definition) is 0. The molecule has 0 aromatic rings. The Morgan fingerprint density at radius 2 is 2.00 bits per heavy atom. The van der Waals surface area contributed by atoms with E-state index in [0.29, 0.717) is 37.2 Å². The van der Waals surface area contributed by atoms with E-state index in [-0.39, 0.29) is 17.4 Å². The molecule has 0 atom stereocenters. The minimum Gasteiger partial charge on any atom is -0.569 e. The number of nitrogens with zero attached hydrogens (tertiary/aromatic N) is 3. The van der Waals surface area contributed by atoms with Crippen molar-refractivity contribution in [2.75, 3.05) is 6.54 Å². The van der Waals surface area contributed by atoms with Gasteiger partial charge < -0.3 is 10.0 Å². The Balaban J connectivity index is 2.52. The molecule has 0 aromatic carbocycles. The van der Waals surface area contributed by atoms with Crippen LogP contribution in [0.2, 0.25) is 0 Å². The van der Waals surface area contributed by atoms with Crippen molar-refractivity contribution in [2.24, 2.45) is 5.28 Å². The summed E-state index contributed by atoms with van der Waals surface area (Å²) in [5.41, 5.74) is -0.300. The fourth-order valence-electron chi connectivity index (χ4n) is 2.02. The molecule has 0 aliphatic heterocycles. The van der Waals surface area contributed by atoms with Crippen LogP contribution in [0.4, 0.5) is 0 Å². The lowest BCUT2D eigenvalue weighted by Gasteiger charge is -2.29. The van der Waals surface area contributed by atoms with E-state index in [1.165, 1.54) is 0 Å². The first kappa shape index (κ1) is 14.7. The normalized spacial score (nSPS) is 18.9. The molecule has 0 unspecified atom stereocenters. The van der Waals surface area contributed by atoms with Crippen molar-refractivity contribution in [1.29, 1.82) is 0 Å². The minimum absolute atomic E-state index is 0.113. The topological polar surface area (TPSA) is 68.0 Å². The molecule has 6 heteroatoms. The lowest BCUT2D eigenvalue weighted by atomic mass is 9.97. The maximum absolute atomic E-state index is 11.8. The molecule has 0 amide bonds. The summed E-state index contributed by atoms with van der Waals surface area (Å²) in [4.78, 5) is 16.8. The summed E-state index contributed by atoms with van der Waals surface area (Å²) < 4.78 is 0. The van der Waals surface area contributed by atoms with Crippen LogP contribution in [0.1, 0.15) is 53.4 Å². The second-order valence-electron chi connectivity index (χ2n) is 5.56. The third-order valence-corrected chi connectivity index (χ3v) is 3.04. The van der Waals surface area contributed by atoms with Gasteiger partial charge in [-0.15, -0.1) is 5.01 Å². The Kier molecular flexibility index (Phi) is 4.93. The zero-order chi connectivity index (χ0) is 13.8. The van der Waals surface area contributed by atoms with Gasteiger partial charge in [0.05, 0.1) is 17.1 Å². The molecule has 104 valence electrons. The lowest BCUT2D eigenvalue weighted by molar-refractivity contribution is -0.725.